The molecule has 196 valence electrons. The minimum Gasteiger partial charge on any atom is -0.369 e. The van der Waals surface area contributed by atoms with Crippen molar-refractivity contribution in [2.45, 2.75) is 69.1 Å². The zero-order chi connectivity index (χ0) is 25.3. The topological polar surface area (TPSA) is 91.6 Å². The fraction of sp³-hybridized carbons (Fsp3) is 0.731. The lowest BCUT2D eigenvalue weighted by Crippen LogP contribution is -2.70. The summed E-state index contributed by atoms with van der Waals surface area (Å²) in [5.74, 6) is 1.68. The van der Waals surface area contributed by atoms with E-state index >= 15 is 0 Å². The molecule has 2 unspecified atom stereocenters. The van der Waals surface area contributed by atoms with Crippen LogP contribution < -0.4 is 16.0 Å². The Bertz CT molecular complexity index is 1020. The molecule has 7 nitrogen and oxygen atoms in total. The standard InChI is InChI=1S/C26H34F3N5O2/c27-26(28,29)19-2-3-20(31-15-19)33-6-8-34(9-7-33)25(4-1-5-25)23(36)32-21-17-10-16-11-18(21)14-24(12-16,13-17)22(30)35/h2-3,15-18,21H,1,4-14H2,(H2,30,35)(H,32,36). The van der Waals surface area contributed by atoms with Crippen LogP contribution in [0.5, 0.6) is 0 Å². The van der Waals surface area contributed by atoms with Gasteiger partial charge in [0.05, 0.1) is 5.56 Å². The molecule has 1 aromatic heterocycles. The molecular weight excluding hydrogens is 471 g/mol. The van der Waals surface area contributed by atoms with Crippen molar-refractivity contribution in [3.05, 3.63) is 23.9 Å². The molecule has 5 aliphatic carbocycles. The Kier molecular flexibility index (Phi) is 5.55. The number of halogens is 3. The predicted molar refractivity (Wildman–Crippen MR) is 127 cm³/mol. The fourth-order valence-corrected chi connectivity index (χ4v) is 8.15. The van der Waals surface area contributed by atoms with Crippen molar-refractivity contribution in [1.82, 2.24) is 15.2 Å². The van der Waals surface area contributed by atoms with Crippen LogP contribution in [0.2, 0.25) is 0 Å². The number of primary amides is 1. The summed E-state index contributed by atoms with van der Waals surface area (Å²) in [7, 11) is 0. The Morgan fingerprint density at radius 2 is 1.69 bits per heavy atom. The first kappa shape index (κ1) is 24.0. The van der Waals surface area contributed by atoms with E-state index in [0.29, 0.717) is 49.8 Å². The Morgan fingerprint density at radius 1 is 1.03 bits per heavy atom. The summed E-state index contributed by atoms with van der Waals surface area (Å²) in [6.07, 6.45) is 3.81. The lowest BCUT2D eigenvalue weighted by Gasteiger charge is -2.59. The van der Waals surface area contributed by atoms with Gasteiger partial charge in [-0.25, -0.2) is 4.98 Å². The van der Waals surface area contributed by atoms with Gasteiger partial charge in [0.15, 0.2) is 0 Å². The summed E-state index contributed by atoms with van der Waals surface area (Å²) in [4.78, 5) is 34.3. The van der Waals surface area contributed by atoms with Crippen molar-refractivity contribution < 1.29 is 22.8 Å². The van der Waals surface area contributed by atoms with Gasteiger partial charge in [-0.15, -0.1) is 0 Å². The number of pyridine rings is 1. The van der Waals surface area contributed by atoms with Gasteiger partial charge in [-0.3, -0.25) is 14.5 Å². The minimum absolute atomic E-state index is 0.112. The van der Waals surface area contributed by atoms with Crippen LogP contribution in [0.15, 0.2) is 18.3 Å². The van der Waals surface area contributed by atoms with Crippen LogP contribution in [-0.2, 0) is 15.8 Å². The lowest BCUT2D eigenvalue weighted by atomic mass is 9.47. The number of anilines is 1. The summed E-state index contributed by atoms with van der Waals surface area (Å²) in [5.41, 5.74) is 4.20. The zero-order valence-corrected chi connectivity index (χ0v) is 20.4. The van der Waals surface area contributed by atoms with Crippen LogP contribution in [0, 0.1) is 23.2 Å². The van der Waals surface area contributed by atoms with Crippen molar-refractivity contribution in [2.75, 3.05) is 31.1 Å². The minimum atomic E-state index is -4.40. The summed E-state index contributed by atoms with van der Waals surface area (Å²) in [6, 6.07) is 2.62. The van der Waals surface area contributed by atoms with Crippen molar-refractivity contribution >= 4 is 17.6 Å². The average Bonchev–Trinajstić information content (AvgIpc) is 2.80. The SMILES string of the molecule is NC(=O)C12CC3CC(C1)C(NC(=O)C1(N4CCN(c5ccc(C(F)(F)F)cn5)CC4)CCC1)C(C3)C2. The number of carbonyl (C=O) groups is 2. The van der Waals surface area contributed by atoms with Gasteiger partial charge >= 0.3 is 6.18 Å². The van der Waals surface area contributed by atoms with E-state index in [1.54, 1.807) is 0 Å². The maximum absolute atomic E-state index is 13.8. The highest BCUT2D eigenvalue weighted by Crippen LogP contribution is 2.60. The molecule has 0 aromatic carbocycles. The molecule has 2 amide bonds. The average molecular weight is 506 g/mol. The van der Waals surface area contributed by atoms with Gasteiger partial charge in [-0.2, -0.15) is 13.2 Å². The van der Waals surface area contributed by atoms with Gasteiger partial charge in [0.1, 0.15) is 11.4 Å². The number of rotatable bonds is 5. The van der Waals surface area contributed by atoms with E-state index in [-0.39, 0.29) is 23.3 Å². The number of nitrogens with one attached hydrogen (secondary N) is 1. The summed E-state index contributed by atoms with van der Waals surface area (Å²) in [5, 5.41) is 3.46. The third-order valence-electron chi connectivity index (χ3n) is 9.98. The Labute approximate surface area is 209 Å². The van der Waals surface area contributed by atoms with E-state index < -0.39 is 17.3 Å². The van der Waals surface area contributed by atoms with Crippen molar-refractivity contribution in [2.24, 2.45) is 28.9 Å². The number of nitrogens with zero attached hydrogens (tertiary/aromatic N) is 3. The van der Waals surface area contributed by atoms with E-state index in [2.05, 4.69) is 15.2 Å². The van der Waals surface area contributed by atoms with Gasteiger partial charge < -0.3 is 16.0 Å². The highest BCUT2D eigenvalue weighted by atomic mass is 19.4. The summed E-state index contributed by atoms with van der Waals surface area (Å²) >= 11 is 0. The molecule has 2 atom stereocenters. The van der Waals surface area contributed by atoms with Gasteiger partial charge in [0.25, 0.3) is 0 Å². The Balaban J connectivity index is 1.10. The molecule has 1 aromatic rings. The molecule has 6 aliphatic rings. The first-order valence-corrected chi connectivity index (χ1v) is 13.2. The third-order valence-corrected chi connectivity index (χ3v) is 9.98. The number of nitrogens with two attached hydrogens (primary N) is 1. The molecule has 1 aliphatic heterocycles. The molecule has 1 saturated heterocycles. The second-order valence-corrected chi connectivity index (χ2v) is 11.9. The van der Waals surface area contributed by atoms with E-state index in [1.165, 1.54) is 6.07 Å². The normalized spacial score (nSPS) is 35.4. The second kappa shape index (κ2) is 8.33. The van der Waals surface area contributed by atoms with Crippen LogP contribution in [0.25, 0.3) is 0 Å². The number of hydrogen-bond acceptors (Lipinski definition) is 5. The van der Waals surface area contributed by atoms with Crippen molar-refractivity contribution in [3.8, 4) is 0 Å². The van der Waals surface area contributed by atoms with Gasteiger partial charge in [0, 0.05) is 43.8 Å². The number of amides is 2. The molecule has 10 heteroatoms. The first-order chi connectivity index (χ1) is 17.1. The quantitative estimate of drug-likeness (QED) is 0.642. The lowest BCUT2D eigenvalue weighted by molar-refractivity contribution is -0.152. The molecule has 2 heterocycles. The van der Waals surface area contributed by atoms with Crippen LogP contribution in [0.4, 0.5) is 19.0 Å². The second-order valence-electron chi connectivity index (χ2n) is 11.9. The van der Waals surface area contributed by atoms with Crippen LogP contribution >= 0.6 is 0 Å². The zero-order valence-electron chi connectivity index (χ0n) is 20.4. The van der Waals surface area contributed by atoms with Gasteiger partial charge in [-0.05, 0) is 81.3 Å². The monoisotopic (exact) mass is 505 g/mol. The number of aromatic nitrogens is 1. The molecule has 0 spiro atoms. The Morgan fingerprint density at radius 3 is 2.19 bits per heavy atom. The molecule has 4 bridgehead atoms. The largest absolute Gasteiger partial charge is 0.417 e. The van der Waals surface area contributed by atoms with Crippen LogP contribution in [0.3, 0.4) is 0 Å². The van der Waals surface area contributed by atoms with Gasteiger partial charge in [-0.1, -0.05) is 0 Å². The van der Waals surface area contributed by atoms with E-state index in [4.69, 9.17) is 5.73 Å². The molecule has 36 heavy (non-hydrogen) atoms. The third kappa shape index (κ3) is 3.78. The molecule has 7 rings (SSSR count). The van der Waals surface area contributed by atoms with Crippen LogP contribution in [0.1, 0.15) is 56.9 Å². The summed E-state index contributed by atoms with van der Waals surface area (Å²) in [6.45, 7) is 2.57. The predicted octanol–water partition coefficient (Wildman–Crippen LogP) is 2.94. The first-order valence-electron chi connectivity index (χ1n) is 13.2. The maximum Gasteiger partial charge on any atom is 0.417 e. The fourth-order valence-electron chi connectivity index (χ4n) is 8.15. The van der Waals surface area contributed by atoms with E-state index in [9.17, 15) is 22.8 Å². The highest BCUT2D eigenvalue weighted by Gasteiger charge is 2.59. The molecule has 5 saturated carbocycles. The van der Waals surface area contributed by atoms with Crippen molar-refractivity contribution in [1.29, 1.82) is 0 Å². The number of piperazine rings is 1. The van der Waals surface area contributed by atoms with E-state index in [0.717, 1.165) is 63.6 Å². The highest BCUT2D eigenvalue weighted by molar-refractivity contribution is 5.88. The smallest absolute Gasteiger partial charge is 0.369 e. The number of hydrogen-bond donors (Lipinski definition) is 2. The molecular formula is C26H34F3N5O2. The maximum atomic E-state index is 13.8. The van der Waals surface area contributed by atoms with Gasteiger partial charge in [0.2, 0.25) is 11.8 Å². The molecule has 0 radical (unpaired) electrons. The molecule has 3 N–H and O–H groups in total. The number of carbonyl (C=O) groups excluding carboxylic acids is 2. The summed E-state index contributed by atoms with van der Waals surface area (Å²) < 4.78 is 38.6. The van der Waals surface area contributed by atoms with Crippen LogP contribution in [-0.4, -0.2) is 59.5 Å². The Hall–Kier alpha value is -2.36. The number of alkyl halides is 3. The van der Waals surface area contributed by atoms with Crippen molar-refractivity contribution in [3.63, 3.8) is 0 Å². The molecule has 6 fully saturated rings. The van der Waals surface area contributed by atoms with E-state index in [1.807, 2.05) is 4.90 Å².